The van der Waals surface area contributed by atoms with E-state index >= 15 is 0 Å². The second-order valence-corrected chi connectivity index (χ2v) is 7.87. The largest absolute Gasteiger partial charge is 0.469 e. The van der Waals surface area contributed by atoms with Gasteiger partial charge in [-0.2, -0.15) is 14.6 Å². The molecule has 3 N–H and O–H groups in total. The number of aryl methyl sites for hydroxylation is 1. The lowest BCUT2D eigenvalue weighted by molar-refractivity contribution is -0.144. The fraction of sp³-hybridized carbons (Fsp3) is 0.625. The first-order valence-corrected chi connectivity index (χ1v) is 10.7. The smallest absolute Gasteiger partial charge is 0.466 e. The second-order valence-electron chi connectivity index (χ2n) is 6.63. The minimum atomic E-state index is -4.67. The van der Waals surface area contributed by atoms with Gasteiger partial charge in [0.05, 0.1) is 38.0 Å². The number of carbonyl (C=O) groups is 1. The Morgan fingerprint density at radius 2 is 2.21 bits per heavy atom. The van der Waals surface area contributed by atoms with Crippen LogP contribution in [0.25, 0.3) is 5.65 Å². The zero-order valence-electron chi connectivity index (χ0n) is 16.3. The van der Waals surface area contributed by atoms with Crippen LogP contribution in [0.3, 0.4) is 0 Å². The summed E-state index contributed by atoms with van der Waals surface area (Å²) in [6.45, 7) is 3.37. The molecule has 3 heterocycles. The Labute approximate surface area is 166 Å². The summed E-state index contributed by atoms with van der Waals surface area (Å²) in [6.07, 6.45) is 0.916. The van der Waals surface area contributed by atoms with Crippen LogP contribution in [0, 0.1) is 12.8 Å². The van der Waals surface area contributed by atoms with Crippen LogP contribution >= 0.6 is 7.82 Å². The normalized spacial score (nSPS) is 22.2. The number of hydrogen-bond donors (Lipinski definition) is 3. The molecule has 160 valence electrons. The Balaban J connectivity index is 1.86. The van der Waals surface area contributed by atoms with E-state index in [1.54, 1.807) is 31.6 Å². The SMILES string of the molecule is CCOC(=O)C[C@H]1C[C@H](c2cnn3c(NC)nc(C)nc23)O[C@@H]1COP(=O)(O)O. The Kier molecular flexibility index (Phi) is 6.49. The number of nitrogens with one attached hydrogen (secondary N) is 1. The van der Waals surface area contributed by atoms with E-state index in [4.69, 9.17) is 19.3 Å². The number of nitrogens with zero attached hydrogens (tertiary/aromatic N) is 4. The Bertz CT molecular complexity index is 930. The number of phosphoric acid groups is 1. The van der Waals surface area contributed by atoms with Gasteiger partial charge in [0.2, 0.25) is 5.95 Å². The van der Waals surface area contributed by atoms with E-state index in [2.05, 4.69) is 24.9 Å². The molecule has 0 radical (unpaired) electrons. The van der Waals surface area contributed by atoms with Gasteiger partial charge in [0.15, 0.2) is 5.65 Å². The lowest BCUT2D eigenvalue weighted by Crippen LogP contribution is -2.24. The molecule has 0 amide bonds. The topological polar surface area (TPSA) is 157 Å². The monoisotopic (exact) mass is 429 g/mol. The van der Waals surface area contributed by atoms with Crippen molar-refractivity contribution in [2.45, 2.75) is 38.9 Å². The van der Waals surface area contributed by atoms with E-state index in [-0.39, 0.29) is 25.6 Å². The van der Waals surface area contributed by atoms with Gasteiger partial charge in [0.25, 0.3) is 0 Å². The van der Waals surface area contributed by atoms with Gasteiger partial charge in [-0.05, 0) is 20.3 Å². The first-order chi connectivity index (χ1) is 13.7. The van der Waals surface area contributed by atoms with E-state index in [0.29, 0.717) is 29.4 Å². The van der Waals surface area contributed by atoms with Crippen molar-refractivity contribution < 1.29 is 33.1 Å². The Morgan fingerprint density at radius 3 is 2.86 bits per heavy atom. The number of ether oxygens (including phenoxy) is 2. The van der Waals surface area contributed by atoms with Gasteiger partial charge in [-0.3, -0.25) is 9.32 Å². The molecule has 12 nitrogen and oxygen atoms in total. The third-order valence-electron chi connectivity index (χ3n) is 4.60. The highest BCUT2D eigenvalue weighted by atomic mass is 31.2. The zero-order valence-corrected chi connectivity index (χ0v) is 17.2. The molecule has 0 bridgehead atoms. The highest BCUT2D eigenvalue weighted by Gasteiger charge is 2.40. The molecule has 0 saturated carbocycles. The summed E-state index contributed by atoms with van der Waals surface area (Å²) in [7, 11) is -2.95. The number of anilines is 1. The van der Waals surface area contributed by atoms with Crippen LogP contribution in [0.4, 0.5) is 5.95 Å². The van der Waals surface area contributed by atoms with E-state index in [1.807, 2.05) is 0 Å². The molecule has 1 saturated heterocycles. The summed E-state index contributed by atoms with van der Waals surface area (Å²) in [6, 6.07) is 0. The van der Waals surface area contributed by atoms with Crippen LogP contribution < -0.4 is 5.32 Å². The van der Waals surface area contributed by atoms with Crippen molar-refractivity contribution in [3.05, 3.63) is 17.6 Å². The Hall–Kier alpha value is -2.11. The second kappa shape index (κ2) is 8.72. The Morgan fingerprint density at radius 1 is 1.45 bits per heavy atom. The van der Waals surface area contributed by atoms with E-state index in [1.165, 1.54) is 0 Å². The fourth-order valence-corrected chi connectivity index (χ4v) is 3.73. The number of hydrogen-bond acceptors (Lipinski definition) is 9. The average molecular weight is 429 g/mol. The average Bonchev–Trinajstić information content (AvgIpc) is 3.22. The van der Waals surface area contributed by atoms with Crippen LogP contribution in [0.5, 0.6) is 0 Å². The molecule has 0 aromatic carbocycles. The van der Waals surface area contributed by atoms with Crippen LogP contribution in [-0.4, -0.2) is 61.7 Å². The molecular formula is C16H24N5O7P. The summed E-state index contributed by atoms with van der Waals surface area (Å²) in [4.78, 5) is 38.7. The molecule has 1 aliphatic heterocycles. The minimum absolute atomic E-state index is 0.0501. The summed E-state index contributed by atoms with van der Waals surface area (Å²) in [5.74, 6) is 0.318. The molecule has 3 rings (SSSR count). The van der Waals surface area contributed by atoms with Crippen molar-refractivity contribution in [2.75, 3.05) is 25.6 Å². The van der Waals surface area contributed by atoms with Crippen molar-refractivity contribution in [1.82, 2.24) is 19.6 Å². The number of aromatic nitrogens is 4. The summed E-state index contributed by atoms with van der Waals surface area (Å²) in [5.41, 5.74) is 1.25. The molecule has 2 aromatic rings. The van der Waals surface area contributed by atoms with Gasteiger partial charge in [-0.1, -0.05) is 0 Å². The van der Waals surface area contributed by atoms with E-state index < -0.39 is 26.0 Å². The molecule has 2 aromatic heterocycles. The molecule has 0 spiro atoms. The summed E-state index contributed by atoms with van der Waals surface area (Å²) >= 11 is 0. The van der Waals surface area contributed by atoms with Crippen molar-refractivity contribution in [3.8, 4) is 0 Å². The zero-order chi connectivity index (χ0) is 21.2. The minimum Gasteiger partial charge on any atom is -0.466 e. The van der Waals surface area contributed by atoms with Gasteiger partial charge >= 0.3 is 13.8 Å². The predicted octanol–water partition coefficient (Wildman–Crippen LogP) is 0.983. The molecule has 0 unspecified atom stereocenters. The van der Waals surface area contributed by atoms with Gasteiger partial charge in [-0.15, -0.1) is 0 Å². The van der Waals surface area contributed by atoms with Crippen molar-refractivity contribution in [2.24, 2.45) is 5.92 Å². The van der Waals surface area contributed by atoms with Crippen LogP contribution in [0.2, 0.25) is 0 Å². The maximum Gasteiger partial charge on any atom is 0.469 e. The lowest BCUT2D eigenvalue weighted by atomic mass is 9.94. The van der Waals surface area contributed by atoms with E-state index in [9.17, 15) is 9.36 Å². The number of carbonyl (C=O) groups excluding carboxylic acids is 1. The molecule has 1 aliphatic rings. The van der Waals surface area contributed by atoms with Gasteiger partial charge in [0.1, 0.15) is 5.82 Å². The number of phosphoric ester groups is 1. The summed E-state index contributed by atoms with van der Waals surface area (Å²) < 4.78 is 28.3. The molecule has 1 fully saturated rings. The maximum absolute atomic E-state index is 12.0. The van der Waals surface area contributed by atoms with Gasteiger partial charge < -0.3 is 24.6 Å². The standard InChI is InChI=1S/C16H24N5O7P/c1-4-26-14(22)6-10-5-12(28-13(10)8-27-29(23,24)25)11-7-18-21-15(11)19-9(2)20-16(21)17-3/h7,10,12-13H,4-6,8H2,1-3H3,(H,17,19,20)(H2,23,24,25)/t10-,12-,13-/m1/s1. The maximum atomic E-state index is 12.0. The quantitative estimate of drug-likeness (QED) is 0.406. The van der Waals surface area contributed by atoms with Crippen molar-refractivity contribution in [3.63, 3.8) is 0 Å². The number of esters is 1. The molecule has 13 heteroatoms. The lowest BCUT2D eigenvalue weighted by Gasteiger charge is -2.18. The first kappa shape index (κ1) is 21.6. The highest BCUT2D eigenvalue weighted by molar-refractivity contribution is 7.46. The van der Waals surface area contributed by atoms with Crippen LogP contribution in [0.15, 0.2) is 6.20 Å². The van der Waals surface area contributed by atoms with E-state index in [0.717, 1.165) is 0 Å². The number of rotatable bonds is 8. The van der Waals surface area contributed by atoms with Gasteiger partial charge in [0, 0.05) is 18.5 Å². The van der Waals surface area contributed by atoms with Gasteiger partial charge in [-0.25, -0.2) is 9.55 Å². The van der Waals surface area contributed by atoms with Crippen LogP contribution in [0.1, 0.15) is 37.3 Å². The molecule has 29 heavy (non-hydrogen) atoms. The molecular weight excluding hydrogens is 405 g/mol. The molecule has 3 atom stereocenters. The third kappa shape index (κ3) is 5.09. The number of fused-ring (bicyclic) bond motifs is 1. The third-order valence-corrected chi connectivity index (χ3v) is 5.09. The molecule has 0 aliphatic carbocycles. The fourth-order valence-electron chi connectivity index (χ4n) is 3.39. The first-order valence-electron chi connectivity index (χ1n) is 9.13. The van der Waals surface area contributed by atoms with Crippen molar-refractivity contribution in [1.29, 1.82) is 0 Å². The highest BCUT2D eigenvalue weighted by Crippen LogP contribution is 2.43. The predicted molar refractivity (Wildman–Crippen MR) is 100 cm³/mol. The van der Waals surface area contributed by atoms with Crippen molar-refractivity contribution >= 4 is 25.4 Å². The van der Waals surface area contributed by atoms with Crippen LogP contribution in [-0.2, 0) is 23.4 Å². The summed E-state index contributed by atoms with van der Waals surface area (Å²) in [5, 5.41) is 7.25.